The standard InChI is InChI=1S/C22H32N4O4/c1-3-30-21(28)18-9-10-19(23-15(18)2)20(27)24-17-11-13-26(14-12-17)22(29)25-16-7-5-4-6-8-16/h9-10,16-17H,3-8,11-14H2,1-2H3,(H,24,27)(H,25,29). The van der Waals surface area contributed by atoms with Gasteiger partial charge in [-0.3, -0.25) is 4.79 Å². The van der Waals surface area contributed by atoms with Crippen molar-refractivity contribution in [1.82, 2.24) is 20.5 Å². The molecule has 2 N–H and O–H groups in total. The Kier molecular flexibility index (Phi) is 7.65. The van der Waals surface area contributed by atoms with Crippen molar-refractivity contribution in [2.75, 3.05) is 19.7 Å². The molecule has 2 aliphatic rings. The van der Waals surface area contributed by atoms with E-state index in [-0.39, 0.29) is 30.3 Å². The van der Waals surface area contributed by atoms with E-state index >= 15 is 0 Å². The molecule has 1 aliphatic carbocycles. The Hall–Kier alpha value is -2.64. The summed E-state index contributed by atoms with van der Waals surface area (Å²) in [6, 6.07) is 3.44. The number of carbonyl (C=O) groups is 3. The van der Waals surface area contributed by atoms with Gasteiger partial charge in [-0.15, -0.1) is 0 Å². The van der Waals surface area contributed by atoms with Crippen LogP contribution in [0.3, 0.4) is 0 Å². The van der Waals surface area contributed by atoms with E-state index in [2.05, 4.69) is 15.6 Å². The summed E-state index contributed by atoms with van der Waals surface area (Å²) in [5.74, 6) is -0.702. The van der Waals surface area contributed by atoms with Crippen LogP contribution in [-0.4, -0.2) is 59.6 Å². The van der Waals surface area contributed by atoms with Crippen LogP contribution in [0.4, 0.5) is 4.79 Å². The molecule has 1 saturated carbocycles. The predicted molar refractivity (Wildman–Crippen MR) is 112 cm³/mol. The molecule has 0 spiro atoms. The first-order valence-corrected chi connectivity index (χ1v) is 11.0. The molecule has 3 rings (SSSR count). The first-order valence-electron chi connectivity index (χ1n) is 11.0. The molecule has 0 bridgehead atoms. The number of pyridine rings is 1. The summed E-state index contributed by atoms with van der Waals surface area (Å²) < 4.78 is 4.99. The number of amides is 3. The minimum Gasteiger partial charge on any atom is -0.462 e. The maximum absolute atomic E-state index is 12.6. The van der Waals surface area contributed by atoms with Gasteiger partial charge in [0.1, 0.15) is 5.69 Å². The van der Waals surface area contributed by atoms with Crippen LogP contribution in [0.15, 0.2) is 12.1 Å². The first-order chi connectivity index (χ1) is 14.5. The summed E-state index contributed by atoms with van der Waals surface area (Å²) >= 11 is 0. The van der Waals surface area contributed by atoms with E-state index in [9.17, 15) is 14.4 Å². The van der Waals surface area contributed by atoms with Gasteiger partial charge >= 0.3 is 12.0 Å². The molecule has 2 heterocycles. The van der Waals surface area contributed by atoms with Gasteiger partial charge in [0.25, 0.3) is 5.91 Å². The highest BCUT2D eigenvalue weighted by Crippen LogP contribution is 2.18. The zero-order valence-electron chi connectivity index (χ0n) is 17.9. The molecule has 0 radical (unpaired) electrons. The number of esters is 1. The number of hydrogen-bond acceptors (Lipinski definition) is 5. The molecule has 0 atom stereocenters. The summed E-state index contributed by atoms with van der Waals surface area (Å²) in [5.41, 5.74) is 1.11. The number of urea groups is 1. The number of ether oxygens (including phenoxy) is 1. The summed E-state index contributed by atoms with van der Waals surface area (Å²) in [4.78, 5) is 43.0. The van der Waals surface area contributed by atoms with Crippen LogP contribution >= 0.6 is 0 Å². The van der Waals surface area contributed by atoms with E-state index in [0.717, 1.165) is 12.8 Å². The number of hydrogen-bond donors (Lipinski definition) is 2. The molecular formula is C22H32N4O4. The van der Waals surface area contributed by atoms with Gasteiger partial charge in [-0.25, -0.2) is 14.6 Å². The lowest BCUT2D eigenvalue weighted by molar-refractivity contribution is 0.0524. The van der Waals surface area contributed by atoms with Crippen LogP contribution in [0.5, 0.6) is 0 Å². The Labute approximate surface area is 177 Å². The van der Waals surface area contributed by atoms with E-state index < -0.39 is 5.97 Å². The maximum atomic E-state index is 12.6. The van der Waals surface area contributed by atoms with Crippen molar-refractivity contribution in [3.8, 4) is 0 Å². The number of aryl methyl sites for hydroxylation is 1. The minimum atomic E-state index is -0.437. The van der Waals surface area contributed by atoms with E-state index in [0.29, 0.717) is 43.2 Å². The molecule has 1 saturated heterocycles. The fourth-order valence-electron chi connectivity index (χ4n) is 4.11. The zero-order chi connectivity index (χ0) is 21.5. The van der Waals surface area contributed by atoms with Crippen molar-refractivity contribution >= 4 is 17.9 Å². The first kappa shape index (κ1) is 22.1. The van der Waals surface area contributed by atoms with Crippen LogP contribution in [0.2, 0.25) is 0 Å². The summed E-state index contributed by atoms with van der Waals surface area (Å²) in [6.45, 7) is 4.97. The van der Waals surface area contributed by atoms with Crippen LogP contribution < -0.4 is 10.6 Å². The van der Waals surface area contributed by atoms with Gasteiger partial charge in [0, 0.05) is 25.2 Å². The molecule has 8 heteroatoms. The number of rotatable bonds is 5. The number of nitrogens with zero attached hydrogens (tertiary/aromatic N) is 2. The van der Waals surface area contributed by atoms with Gasteiger partial charge in [0.05, 0.1) is 17.9 Å². The summed E-state index contributed by atoms with van der Waals surface area (Å²) in [5, 5.41) is 6.15. The highest BCUT2D eigenvalue weighted by atomic mass is 16.5. The fraction of sp³-hybridized carbons (Fsp3) is 0.636. The van der Waals surface area contributed by atoms with Crippen molar-refractivity contribution in [1.29, 1.82) is 0 Å². The lowest BCUT2D eigenvalue weighted by atomic mass is 9.95. The Bertz CT molecular complexity index is 768. The average Bonchev–Trinajstić information content (AvgIpc) is 2.75. The molecule has 1 aromatic rings. The van der Waals surface area contributed by atoms with Crippen LogP contribution in [-0.2, 0) is 4.74 Å². The third-order valence-electron chi connectivity index (χ3n) is 5.86. The van der Waals surface area contributed by atoms with Crippen LogP contribution in [0.25, 0.3) is 0 Å². The van der Waals surface area contributed by atoms with Gasteiger partial charge in [0.15, 0.2) is 0 Å². The molecule has 30 heavy (non-hydrogen) atoms. The number of carbonyl (C=O) groups excluding carboxylic acids is 3. The molecule has 2 fully saturated rings. The van der Waals surface area contributed by atoms with Gasteiger partial charge < -0.3 is 20.3 Å². The second-order valence-electron chi connectivity index (χ2n) is 8.07. The normalized spacial score (nSPS) is 18.0. The van der Waals surface area contributed by atoms with E-state index in [1.165, 1.54) is 19.3 Å². The van der Waals surface area contributed by atoms with Crippen LogP contribution in [0, 0.1) is 6.92 Å². The smallest absolute Gasteiger partial charge is 0.339 e. The number of aromatic nitrogens is 1. The van der Waals surface area contributed by atoms with Gasteiger partial charge in [0.2, 0.25) is 0 Å². The van der Waals surface area contributed by atoms with Gasteiger partial charge in [-0.05, 0) is 51.7 Å². The predicted octanol–water partition coefficient (Wildman–Crippen LogP) is 2.80. The Morgan fingerprint density at radius 2 is 1.70 bits per heavy atom. The lowest BCUT2D eigenvalue weighted by Crippen LogP contribution is -2.51. The van der Waals surface area contributed by atoms with Crippen molar-refractivity contribution in [3.05, 3.63) is 29.1 Å². The third kappa shape index (κ3) is 5.70. The molecule has 164 valence electrons. The van der Waals surface area contributed by atoms with Crippen molar-refractivity contribution < 1.29 is 19.1 Å². The number of nitrogens with one attached hydrogen (secondary N) is 2. The van der Waals surface area contributed by atoms with E-state index in [1.807, 2.05) is 4.90 Å². The van der Waals surface area contributed by atoms with Crippen molar-refractivity contribution in [2.45, 2.75) is 70.9 Å². The van der Waals surface area contributed by atoms with Crippen molar-refractivity contribution in [3.63, 3.8) is 0 Å². The third-order valence-corrected chi connectivity index (χ3v) is 5.86. The van der Waals surface area contributed by atoms with Crippen molar-refractivity contribution in [2.24, 2.45) is 0 Å². The topological polar surface area (TPSA) is 101 Å². The average molecular weight is 417 g/mol. The molecule has 3 amide bonds. The molecule has 1 aromatic heterocycles. The lowest BCUT2D eigenvalue weighted by Gasteiger charge is -2.34. The summed E-state index contributed by atoms with van der Waals surface area (Å²) in [6.07, 6.45) is 7.20. The number of likely N-dealkylation sites (tertiary alicyclic amines) is 1. The van der Waals surface area contributed by atoms with Gasteiger partial charge in [-0.2, -0.15) is 0 Å². The highest BCUT2D eigenvalue weighted by molar-refractivity contribution is 5.95. The zero-order valence-corrected chi connectivity index (χ0v) is 17.9. The Morgan fingerprint density at radius 1 is 1.03 bits per heavy atom. The maximum Gasteiger partial charge on any atom is 0.339 e. The second-order valence-corrected chi connectivity index (χ2v) is 8.07. The Balaban J connectivity index is 1.47. The van der Waals surface area contributed by atoms with E-state index in [1.54, 1.807) is 26.0 Å². The molecule has 0 unspecified atom stereocenters. The minimum absolute atomic E-state index is 0.00284. The molecular weight excluding hydrogens is 384 g/mol. The quantitative estimate of drug-likeness (QED) is 0.719. The largest absolute Gasteiger partial charge is 0.462 e. The van der Waals surface area contributed by atoms with Gasteiger partial charge in [-0.1, -0.05) is 19.3 Å². The molecule has 1 aliphatic heterocycles. The second kappa shape index (κ2) is 10.4. The monoisotopic (exact) mass is 416 g/mol. The Morgan fingerprint density at radius 3 is 2.33 bits per heavy atom. The van der Waals surface area contributed by atoms with Crippen LogP contribution in [0.1, 0.15) is 78.4 Å². The number of piperidine rings is 1. The highest BCUT2D eigenvalue weighted by Gasteiger charge is 2.26. The fourth-order valence-corrected chi connectivity index (χ4v) is 4.11. The molecule has 0 aromatic carbocycles. The SMILES string of the molecule is CCOC(=O)c1ccc(C(=O)NC2CCN(C(=O)NC3CCCCC3)CC2)nc1C. The molecule has 8 nitrogen and oxygen atoms in total. The van der Waals surface area contributed by atoms with E-state index in [4.69, 9.17) is 4.74 Å². The summed E-state index contributed by atoms with van der Waals surface area (Å²) in [7, 11) is 0.